The molecule has 0 aliphatic carbocycles. The third kappa shape index (κ3) is 4.44. The molecule has 20 heavy (non-hydrogen) atoms. The van der Waals surface area contributed by atoms with Crippen molar-refractivity contribution in [1.29, 1.82) is 0 Å². The monoisotopic (exact) mass is 338 g/mol. The summed E-state index contributed by atoms with van der Waals surface area (Å²) < 4.78 is 11.8. The molecule has 0 unspecified atom stereocenters. The SMILES string of the molecule is COCCNCCCc1ncc(-c2ccccc2Br)o1. The van der Waals surface area contributed by atoms with Gasteiger partial charge in [-0.2, -0.15) is 0 Å². The Balaban J connectivity index is 1.82. The molecule has 0 aliphatic rings. The average molecular weight is 339 g/mol. The molecule has 2 rings (SSSR count). The number of halogens is 1. The van der Waals surface area contributed by atoms with E-state index in [4.69, 9.17) is 9.15 Å². The summed E-state index contributed by atoms with van der Waals surface area (Å²) >= 11 is 3.52. The maximum absolute atomic E-state index is 5.78. The van der Waals surface area contributed by atoms with Crippen molar-refractivity contribution in [3.05, 3.63) is 40.8 Å². The van der Waals surface area contributed by atoms with Gasteiger partial charge in [0.2, 0.25) is 0 Å². The minimum atomic E-state index is 0.741. The normalized spacial score (nSPS) is 10.9. The predicted octanol–water partition coefficient (Wildman–Crippen LogP) is 3.27. The molecule has 4 nitrogen and oxygen atoms in total. The Hall–Kier alpha value is -1.17. The lowest BCUT2D eigenvalue weighted by molar-refractivity contribution is 0.199. The molecule has 0 aliphatic heterocycles. The van der Waals surface area contributed by atoms with Crippen molar-refractivity contribution in [2.24, 2.45) is 0 Å². The first-order valence-electron chi connectivity index (χ1n) is 6.70. The van der Waals surface area contributed by atoms with Crippen molar-refractivity contribution in [3.63, 3.8) is 0 Å². The number of aryl methyl sites for hydroxylation is 1. The molecule has 1 aromatic heterocycles. The van der Waals surface area contributed by atoms with Gasteiger partial charge in [0.05, 0.1) is 12.8 Å². The minimum absolute atomic E-state index is 0.741. The molecule has 2 aromatic rings. The second kappa shape index (κ2) is 8.19. The zero-order valence-electron chi connectivity index (χ0n) is 11.6. The van der Waals surface area contributed by atoms with Crippen LogP contribution >= 0.6 is 15.9 Å². The van der Waals surface area contributed by atoms with Gasteiger partial charge in [-0.1, -0.05) is 34.1 Å². The van der Waals surface area contributed by atoms with E-state index in [-0.39, 0.29) is 0 Å². The van der Waals surface area contributed by atoms with E-state index in [1.54, 1.807) is 13.3 Å². The van der Waals surface area contributed by atoms with E-state index >= 15 is 0 Å². The van der Waals surface area contributed by atoms with E-state index < -0.39 is 0 Å². The van der Waals surface area contributed by atoms with Crippen molar-refractivity contribution in [2.45, 2.75) is 12.8 Å². The first kappa shape index (κ1) is 15.2. The van der Waals surface area contributed by atoms with Crippen molar-refractivity contribution in [3.8, 4) is 11.3 Å². The number of rotatable bonds is 8. The molecule has 0 bridgehead atoms. The number of benzene rings is 1. The summed E-state index contributed by atoms with van der Waals surface area (Å²) in [5, 5.41) is 3.30. The Morgan fingerprint density at radius 3 is 2.95 bits per heavy atom. The fraction of sp³-hybridized carbons (Fsp3) is 0.400. The van der Waals surface area contributed by atoms with E-state index in [0.717, 1.165) is 54.2 Å². The second-order valence-corrected chi connectivity index (χ2v) is 5.30. The third-order valence-corrected chi connectivity index (χ3v) is 3.61. The highest BCUT2D eigenvalue weighted by atomic mass is 79.9. The molecule has 0 amide bonds. The number of ether oxygens (including phenoxy) is 1. The molecule has 0 saturated heterocycles. The number of oxazole rings is 1. The van der Waals surface area contributed by atoms with Crippen molar-refractivity contribution >= 4 is 15.9 Å². The number of methoxy groups -OCH3 is 1. The molecule has 0 radical (unpaired) electrons. The standard InChI is InChI=1S/C15H19BrN2O2/c1-19-10-9-17-8-4-7-15-18-11-14(20-15)12-5-2-3-6-13(12)16/h2-3,5-6,11,17H,4,7-10H2,1H3. The molecule has 0 fully saturated rings. The van der Waals surface area contributed by atoms with Crippen LogP contribution in [0.3, 0.4) is 0 Å². The fourth-order valence-corrected chi connectivity index (χ4v) is 2.36. The number of nitrogens with zero attached hydrogens (tertiary/aromatic N) is 1. The summed E-state index contributed by atoms with van der Waals surface area (Å²) in [5.74, 6) is 1.59. The van der Waals surface area contributed by atoms with Crippen LogP contribution in [0, 0.1) is 0 Å². The van der Waals surface area contributed by atoms with Gasteiger partial charge in [-0.05, 0) is 19.0 Å². The maximum atomic E-state index is 5.78. The van der Waals surface area contributed by atoms with Crippen LogP contribution in [0.4, 0.5) is 0 Å². The Morgan fingerprint density at radius 1 is 1.30 bits per heavy atom. The van der Waals surface area contributed by atoms with Crippen LogP contribution in [0.25, 0.3) is 11.3 Å². The van der Waals surface area contributed by atoms with E-state index in [0.29, 0.717) is 0 Å². The van der Waals surface area contributed by atoms with Gasteiger partial charge in [0.1, 0.15) is 0 Å². The Kier molecular flexibility index (Phi) is 6.24. The van der Waals surface area contributed by atoms with Crippen LogP contribution < -0.4 is 5.32 Å². The van der Waals surface area contributed by atoms with Gasteiger partial charge in [0.25, 0.3) is 0 Å². The average Bonchev–Trinajstić information content (AvgIpc) is 2.92. The smallest absolute Gasteiger partial charge is 0.194 e. The first-order valence-corrected chi connectivity index (χ1v) is 7.50. The Morgan fingerprint density at radius 2 is 2.15 bits per heavy atom. The lowest BCUT2D eigenvalue weighted by atomic mass is 10.2. The number of aromatic nitrogens is 1. The van der Waals surface area contributed by atoms with Gasteiger partial charge in [-0.15, -0.1) is 0 Å². The lowest BCUT2D eigenvalue weighted by Gasteiger charge is -2.02. The Bertz CT molecular complexity index is 528. The van der Waals surface area contributed by atoms with Crippen LogP contribution in [-0.2, 0) is 11.2 Å². The quantitative estimate of drug-likeness (QED) is 0.750. The van der Waals surface area contributed by atoms with Crippen LogP contribution in [0.1, 0.15) is 12.3 Å². The van der Waals surface area contributed by atoms with E-state index in [9.17, 15) is 0 Å². The largest absolute Gasteiger partial charge is 0.441 e. The number of hydrogen-bond acceptors (Lipinski definition) is 4. The van der Waals surface area contributed by atoms with Gasteiger partial charge in [-0.25, -0.2) is 4.98 Å². The highest BCUT2D eigenvalue weighted by molar-refractivity contribution is 9.10. The van der Waals surface area contributed by atoms with Gasteiger partial charge in [-0.3, -0.25) is 0 Å². The Labute approximate surface area is 127 Å². The minimum Gasteiger partial charge on any atom is -0.441 e. The van der Waals surface area contributed by atoms with Crippen LogP contribution in [-0.4, -0.2) is 31.8 Å². The summed E-state index contributed by atoms with van der Waals surface area (Å²) in [4.78, 5) is 4.33. The molecule has 1 aromatic carbocycles. The van der Waals surface area contributed by atoms with Crippen LogP contribution in [0.2, 0.25) is 0 Å². The highest BCUT2D eigenvalue weighted by Crippen LogP contribution is 2.28. The first-order chi connectivity index (χ1) is 9.81. The number of nitrogens with one attached hydrogen (secondary N) is 1. The van der Waals surface area contributed by atoms with E-state index in [1.807, 2.05) is 24.3 Å². The number of hydrogen-bond donors (Lipinski definition) is 1. The molecular weight excluding hydrogens is 320 g/mol. The summed E-state index contributed by atoms with van der Waals surface area (Å²) in [5.41, 5.74) is 1.03. The maximum Gasteiger partial charge on any atom is 0.194 e. The third-order valence-electron chi connectivity index (χ3n) is 2.92. The highest BCUT2D eigenvalue weighted by Gasteiger charge is 2.08. The predicted molar refractivity (Wildman–Crippen MR) is 82.7 cm³/mol. The topological polar surface area (TPSA) is 47.3 Å². The van der Waals surface area contributed by atoms with Crippen LogP contribution in [0.15, 0.2) is 39.4 Å². The van der Waals surface area contributed by atoms with Crippen LogP contribution in [0.5, 0.6) is 0 Å². The second-order valence-electron chi connectivity index (χ2n) is 4.44. The zero-order chi connectivity index (χ0) is 14.2. The summed E-state index contributed by atoms with van der Waals surface area (Å²) in [7, 11) is 1.71. The van der Waals surface area contributed by atoms with E-state index in [1.165, 1.54) is 0 Å². The van der Waals surface area contributed by atoms with Gasteiger partial charge in [0, 0.05) is 30.1 Å². The van der Waals surface area contributed by atoms with Gasteiger partial charge < -0.3 is 14.5 Å². The van der Waals surface area contributed by atoms with E-state index in [2.05, 4.69) is 26.2 Å². The summed E-state index contributed by atoms with van der Waals surface area (Å²) in [6, 6.07) is 7.98. The van der Waals surface area contributed by atoms with Gasteiger partial charge in [0.15, 0.2) is 11.7 Å². The van der Waals surface area contributed by atoms with Crippen molar-refractivity contribution in [2.75, 3.05) is 26.8 Å². The zero-order valence-corrected chi connectivity index (χ0v) is 13.1. The molecule has 1 heterocycles. The molecule has 1 N–H and O–H groups in total. The molecular formula is C15H19BrN2O2. The molecule has 0 saturated carbocycles. The summed E-state index contributed by atoms with van der Waals surface area (Å²) in [6.45, 7) is 2.56. The molecule has 5 heteroatoms. The summed E-state index contributed by atoms with van der Waals surface area (Å²) in [6.07, 6.45) is 3.62. The molecule has 0 spiro atoms. The van der Waals surface area contributed by atoms with Crippen molar-refractivity contribution in [1.82, 2.24) is 10.3 Å². The fourth-order valence-electron chi connectivity index (χ4n) is 1.88. The lowest BCUT2D eigenvalue weighted by Crippen LogP contribution is -2.20. The van der Waals surface area contributed by atoms with Crippen molar-refractivity contribution < 1.29 is 9.15 Å². The molecule has 0 atom stereocenters. The molecule has 108 valence electrons. The van der Waals surface area contributed by atoms with Gasteiger partial charge >= 0.3 is 0 Å².